The number of carbonyl (C=O) groups excluding carboxylic acids is 1. The molecule has 0 unspecified atom stereocenters. The highest BCUT2D eigenvalue weighted by molar-refractivity contribution is 8.14. The van der Waals surface area contributed by atoms with Crippen molar-refractivity contribution >= 4 is 34.2 Å². The quantitative estimate of drug-likeness (QED) is 0.836. The maximum atomic E-state index is 11.8. The van der Waals surface area contributed by atoms with Crippen LogP contribution in [0.5, 0.6) is 0 Å². The van der Waals surface area contributed by atoms with Crippen molar-refractivity contribution in [1.82, 2.24) is 5.43 Å². The second kappa shape index (κ2) is 8.52. The van der Waals surface area contributed by atoms with E-state index in [9.17, 15) is 4.79 Å². The fraction of sp³-hybridized carbons (Fsp3) is 0.526. The molecule has 5 nitrogen and oxygen atoms in total. The Hall–Kier alpha value is -1.82. The Kier molecular flexibility index (Phi) is 6.13. The van der Waals surface area contributed by atoms with Crippen LogP contribution in [0.25, 0.3) is 0 Å². The van der Waals surface area contributed by atoms with E-state index >= 15 is 0 Å². The molecule has 1 aromatic rings. The van der Waals surface area contributed by atoms with Crippen LogP contribution in [0.15, 0.2) is 34.4 Å². The lowest BCUT2D eigenvalue weighted by molar-refractivity contribution is -0.116. The lowest BCUT2D eigenvalue weighted by Crippen LogP contribution is -2.26. The number of hydrogen-bond donors (Lipinski definition) is 2. The molecular formula is C19H26N4OS. The standard InChI is InChI=1S/C19H26N4OS/c1-13(2)11-18(24)20-16-9-7-14(8-10-16)17-12-25-19(23-22-17)21-15-5-3-4-6-15/h7-10,13,15H,3-6,11-12H2,1-2H3,(H,20,24)(H,21,23). The van der Waals surface area contributed by atoms with Crippen LogP contribution in [0.3, 0.4) is 0 Å². The number of hydrogen-bond acceptors (Lipinski definition) is 4. The minimum atomic E-state index is 0.0581. The van der Waals surface area contributed by atoms with Crippen LogP contribution in [-0.2, 0) is 4.79 Å². The number of nitrogens with one attached hydrogen (secondary N) is 2. The maximum Gasteiger partial charge on any atom is 0.224 e. The van der Waals surface area contributed by atoms with Crippen LogP contribution in [-0.4, -0.2) is 28.6 Å². The molecule has 2 aliphatic rings. The van der Waals surface area contributed by atoms with Gasteiger partial charge in [-0.3, -0.25) is 15.2 Å². The minimum Gasteiger partial charge on any atom is -0.326 e. The topological polar surface area (TPSA) is 65.8 Å². The van der Waals surface area contributed by atoms with Crippen molar-refractivity contribution in [3.8, 4) is 0 Å². The van der Waals surface area contributed by atoms with E-state index in [2.05, 4.69) is 15.8 Å². The van der Waals surface area contributed by atoms with Crippen LogP contribution in [0, 0.1) is 5.92 Å². The summed E-state index contributed by atoms with van der Waals surface area (Å²) in [4.78, 5) is 16.6. The number of amides is 1. The summed E-state index contributed by atoms with van der Waals surface area (Å²) in [6.45, 7) is 4.08. The number of thioether (sulfide) groups is 1. The molecule has 0 saturated heterocycles. The zero-order chi connectivity index (χ0) is 17.6. The third-order valence-electron chi connectivity index (χ3n) is 4.35. The molecule has 134 valence electrons. The van der Waals surface area contributed by atoms with E-state index in [0.717, 1.165) is 27.9 Å². The molecular weight excluding hydrogens is 332 g/mol. The molecule has 0 aromatic heterocycles. The van der Waals surface area contributed by atoms with E-state index < -0.39 is 0 Å². The van der Waals surface area contributed by atoms with Gasteiger partial charge in [-0.05, 0) is 36.5 Å². The summed E-state index contributed by atoms with van der Waals surface area (Å²) in [7, 11) is 0. The molecule has 0 spiro atoms. The van der Waals surface area contributed by atoms with E-state index in [1.165, 1.54) is 25.7 Å². The predicted molar refractivity (Wildman–Crippen MR) is 106 cm³/mol. The number of carbonyl (C=O) groups is 1. The van der Waals surface area contributed by atoms with E-state index in [-0.39, 0.29) is 5.91 Å². The highest BCUT2D eigenvalue weighted by atomic mass is 32.2. The van der Waals surface area contributed by atoms with Gasteiger partial charge in [0.25, 0.3) is 0 Å². The van der Waals surface area contributed by atoms with E-state index in [4.69, 9.17) is 4.99 Å². The number of hydrazone groups is 1. The fourth-order valence-electron chi connectivity index (χ4n) is 3.06. The van der Waals surface area contributed by atoms with Crippen molar-refractivity contribution < 1.29 is 4.79 Å². The minimum absolute atomic E-state index is 0.0581. The first-order chi connectivity index (χ1) is 12.1. The van der Waals surface area contributed by atoms with Crippen molar-refractivity contribution in [2.75, 3.05) is 11.1 Å². The molecule has 1 saturated carbocycles. The van der Waals surface area contributed by atoms with Gasteiger partial charge in [-0.2, -0.15) is 5.10 Å². The summed E-state index contributed by atoms with van der Waals surface area (Å²) in [6.07, 6.45) is 5.53. The molecule has 1 aliphatic heterocycles. The fourth-order valence-corrected chi connectivity index (χ4v) is 3.90. The van der Waals surface area contributed by atoms with Gasteiger partial charge >= 0.3 is 0 Å². The number of amidine groups is 1. The molecule has 1 heterocycles. The SMILES string of the molecule is CC(C)CC(=O)Nc1ccc(C2=NNC(=NC3CCCC3)SC2)cc1. The summed E-state index contributed by atoms with van der Waals surface area (Å²) in [6, 6.07) is 8.35. The molecule has 1 aromatic carbocycles. The largest absolute Gasteiger partial charge is 0.326 e. The average Bonchev–Trinajstić information content (AvgIpc) is 3.08. The van der Waals surface area contributed by atoms with Crippen LogP contribution in [0.1, 0.15) is 51.5 Å². The molecule has 1 amide bonds. The highest BCUT2D eigenvalue weighted by Crippen LogP contribution is 2.23. The van der Waals surface area contributed by atoms with Crippen molar-refractivity contribution in [3.05, 3.63) is 29.8 Å². The Labute approximate surface area is 153 Å². The molecule has 1 fully saturated rings. The first-order valence-electron chi connectivity index (χ1n) is 9.03. The smallest absolute Gasteiger partial charge is 0.224 e. The zero-order valence-electron chi connectivity index (χ0n) is 14.9. The van der Waals surface area contributed by atoms with Crippen LogP contribution in [0.4, 0.5) is 5.69 Å². The molecule has 0 atom stereocenters. The predicted octanol–water partition coefficient (Wildman–Crippen LogP) is 4.01. The number of nitrogens with zero attached hydrogens (tertiary/aromatic N) is 2. The lowest BCUT2D eigenvalue weighted by Gasteiger charge is -2.16. The number of aliphatic imine (C=N–C) groups is 1. The molecule has 0 radical (unpaired) electrons. The molecule has 25 heavy (non-hydrogen) atoms. The van der Waals surface area contributed by atoms with Crippen molar-refractivity contribution in [1.29, 1.82) is 0 Å². The summed E-state index contributed by atoms with van der Waals surface area (Å²) in [5.74, 6) is 1.24. The van der Waals surface area contributed by atoms with Crippen LogP contribution in [0.2, 0.25) is 0 Å². The van der Waals surface area contributed by atoms with Crippen LogP contribution >= 0.6 is 11.8 Å². The second-order valence-corrected chi connectivity index (χ2v) is 8.02. The Balaban J connectivity index is 1.57. The van der Waals surface area contributed by atoms with Gasteiger partial charge in [0.1, 0.15) is 0 Å². The Morgan fingerprint density at radius 1 is 1.32 bits per heavy atom. The first-order valence-corrected chi connectivity index (χ1v) is 10.0. The molecule has 1 aliphatic carbocycles. The van der Waals surface area contributed by atoms with E-state index in [0.29, 0.717) is 18.4 Å². The Morgan fingerprint density at radius 3 is 2.64 bits per heavy atom. The monoisotopic (exact) mass is 358 g/mol. The summed E-state index contributed by atoms with van der Waals surface area (Å²) < 4.78 is 0. The van der Waals surface area contributed by atoms with Gasteiger partial charge < -0.3 is 5.32 Å². The van der Waals surface area contributed by atoms with E-state index in [1.54, 1.807) is 11.8 Å². The molecule has 6 heteroatoms. The summed E-state index contributed by atoms with van der Waals surface area (Å²) in [5, 5.41) is 8.35. The normalized spacial score (nSPS) is 19.8. The zero-order valence-corrected chi connectivity index (χ0v) is 15.7. The first kappa shape index (κ1) is 18.0. The van der Waals surface area contributed by atoms with Gasteiger partial charge in [0.05, 0.1) is 11.8 Å². The summed E-state index contributed by atoms with van der Waals surface area (Å²) >= 11 is 1.71. The van der Waals surface area contributed by atoms with Crippen molar-refractivity contribution in [2.24, 2.45) is 16.0 Å². The third kappa shape index (κ3) is 5.33. The molecule has 0 bridgehead atoms. The van der Waals surface area contributed by atoms with Gasteiger partial charge in [0.15, 0.2) is 5.17 Å². The van der Waals surface area contributed by atoms with Gasteiger partial charge in [-0.15, -0.1) is 0 Å². The van der Waals surface area contributed by atoms with Gasteiger partial charge in [-0.1, -0.05) is 50.6 Å². The van der Waals surface area contributed by atoms with Gasteiger partial charge in [0.2, 0.25) is 5.91 Å². The lowest BCUT2D eigenvalue weighted by atomic mass is 10.1. The van der Waals surface area contributed by atoms with Crippen molar-refractivity contribution in [2.45, 2.75) is 52.0 Å². The number of anilines is 1. The molecule has 3 rings (SSSR count). The third-order valence-corrected chi connectivity index (χ3v) is 5.24. The average molecular weight is 359 g/mol. The van der Waals surface area contributed by atoms with E-state index in [1.807, 2.05) is 38.1 Å². The Bertz CT molecular complexity index is 661. The number of benzene rings is 1. The summed E-state index contributed by atoms with van der Waals surface area (Å²) in [5.41, 5.74) is 6.00. The Morgan fingerprint density at radius 2 is 2.04 bits per heavy atom. The van der Waals surface area contributed by atoms with Crippen molar-refractivity contribution in [3.63, 3.8) is 0 Å². The van der Waals surface area contributed by atoms with Crippen LogP contribution < -0.4 is 10.7 Å². The van der Waals surface area contributed by atoms with Gasteiger partial charge in [-0.25, -0.2) is 0 Å². The van der Waals surface area contributed by atoms with Gasteiger partial charge in [0, 0.05) is 17.9 Å². The second-order valence-electron chi connectivity index (χ2n) is 7.06. The molecule has 2 N–H and O–H groups in total. The highest BCUT2D eigenvalue weighted by Gasteiger charge is 2.18. The number of rotatable bonds is 5. The maximum absolute atomic E-state index is 11.8.